The molecule has 2 rings (SSSR count). The number of benzene rings is 2. The molecule has 0 heterocycles. The van der Waals surface area contributed by atoms with E-state index in [9.17, 15) is 9.50 Å². The van der Waals surface area contributed by atoms with E-state index in [0.717, 1.165) is 22.3 Å². The SMILES string of the molecule is Cc1cc(C)c(C(O)c2ccc(F)cc2Cl)c(C)c1. The second-order valence-corrected chi connectivity index (χ2v) is 5.29. The van der Waals surface area contributed by atoms with Crippen LogP contribution in [-0.4, -0.2) is 5.11 Å². The normalized spacial score (nSPS) is 12.5. The summed E-state index contributed by atoms with van der Waals surface area (Å²) in [7, 11) is 0. The first kappa shape index (κ1) is 14.0. The first-order valence-electron chi connectivity index (χ1n) is 6.11. The van der Waals surface area contributed by atoms with Crippen LogP contribution in [0, 0.1) is 26.6 Å². The Morgan fingerprint density at radius 3 is 2.16 bits per heavy atom. The van der Waals surface area contributed by atoms with Crippen molar-refractivity contribution >= 4 is 11.6 Å². The van der Waals surface area contributed by atoms with Crippen LogP contribution in [0.5, 0.6) is 0 Å². The lowest BCUT2D eigenvalue weighted by Crippen LogP contribution is -2.06. The van der Waals surface area contributed by atoms with E-state index in [2.05, 4.69) is 0 Å². The molecule has 2 aromatic carbocycles. The van der Waals surface area contributed by atoms with E-state index in [1.54, 1.807) is 0 Å². The minimum absolute atomic E-state index is 0.242. The monoisotopic (exact) mass is 278 g/mol. The van der Waals surface area contributed by atoms with Gasteiger partial charge in [-0.3, -0.25) is 0 Å². The summed E-state index contributed by atoms with van der Waals surface area (Å²) >= 11 is 6.01. The van der Waals surface area contributed by atoms with E-state index in [1.807, 2.05) is 32.9 Å². The molecule has 0 spiro atoms. The average Bonchev–Trinajstić information content (AvgIpc) is 2.26. The van der Waals surface area contributed by atoms with Gasteiger partial charge in [-0.2, -0.15) is 0 Å². The van der Waals surface area contributed by atoms with Crippen molar-refractivity contribution < 1.29 is 9.50 Å². The van der Waals surface area contributed by atoms with Crippen molar-refractivity contribution in [2.45, 2.75) is 26.9 Å². The molecule has 2 aromatic rings. The summed E-state index contributed by atoms with van der Waals surface area (Å²) in [5, 5.41) is 10.8. The lowest BCUT2D eigenvalue weighted by Gasteiger charge is -2.19. The quantitative estimate of drug-likeness (QED) is 0.858. The van der Waals surface area contributed by atoms with Gasteiger partial charge in [0.1, 0.15) is 11.9 Å². The van der Waals surface area contributed by atoms with Crippen LogP contribution in [0.15, 0.2) is 30.3 Å². The van der Waals surface area contributed by atoms with E-state index < -0.39 is 11.9 Å². The zero-order chi connectivity index (χ0) is 14.2. The lowest BCUT2D eigenvalue weighted by molar-refractivity contribution is 0.218. The molecule has 0 saturated heterocycles. The standard InChI is InChI=1S/C16H16ClFO/c1-9-6-10(2)15(11(3)7-9)16(19)13-5-4-12(18)8-14(13)17/h4-8,16,19H,1-3H3. The summed E-state index contributed by atoms with van der Waals surface area (Å²) in [5.74, 6) is -0.404. The fraction of sp³-hybridized carbons (Fsp3) is 0.250. The molecule has 0 amide bonds. The van der Waals surface area contributed by atoms with E-state index in [-0.39, 0.29) is 5.02 Å². The predicted molar refractivity (Wildman–Crippen MR) is 76.1 cm³/mol. The van der Waals surface area contributed by atoms with Gasteiger partial charge in [-0.25, -0.2) is 4.39 Å². The van der Waals surface area contributed by atoms with E-state index in [1.165, 1.54) is 18.2 Å². The zero-order valence-corrected chi connectivity index (χ0v) is 11.9. The molecule has 3 heteroatoms. The van der Waals surface area contributed by atoms with Gasteiger partial charge in [0, 0.05) is 10.6 Å². The second kappa shape index (κ2) is 5.32. The van der Waals surface area contributed by atoms with Crippen LogP contribution in [0.25, 0.3) is 0 Å². The van der Waals surface area contributed by atoms with Crippen molar-refractivity contribution in [1.29, 1.82) is 0 Å². The molecular weight excluding hydrogens is 263 g/mol. The van der Waals surface area contributed by atoms with Gasteiger partial charge >= 0.3 is 0 Å². The summed E-state index contributed by atoms with van der Waals surface area (Å²) in [6.07, 6.45) is -0.839. The van der Waals surface area contributed by atoms with E-state index in [4.69, 9.17) is 11.6 Å². The third-order valence-electron chi connectivity index (χ3n) is 3.27. The Morgan fingerprint density at radius 2 is 1.63 bits per heavy atom. The maximum atomic E-state index is 13.1. The molecule has 1 atom stereocenters. The molecule has 0 fully saturated rings. The molecule has 0 saturated carbocycles. The Bertz CT molecular complexity index is 599. The highest BCUT2D eigenvalue weighted by molar-refractivity contribution is 6.31. The summed E-state index contributed by atoms with van der Waals surface area (Å²) in [5.41, 5.74) is 4.52. The molecule has 0 aromatic heterocycles. The summed E-state index contributed by atoms with van der Waals surface area (Å²) < 4.78 is 13.1. The summed E-state index contributed by atoms with van der Waals surface area (Å²) in [4.78, 5) is 0. The maximum absolute atomic E-state index is 13.1. The first-order valence-corrected chi connectivity index (χ1v) is 6.48. The Balaban J connectivity index is 2.53. The van der Waals surface area contributed by atoms with Crippen molar-refractivity contribution in [3.63, 3.8) is 0 Å². The molecule has 0 aliphatic carbocycles. The third kappa shape index (κ3) is 2.80. The van der Waals surface area contributed by atoms with E-state index in [0.29, 0.717) is 5.56 Å². The molecule has 1 N–H and O–H groups in total. The van der Waals surface area contributed by atoms with Gasteiger partial charge in [0.05, 0.1) is 0 Å². The maximum Gasteiger partial charge on any atom is 0.124 e. The lowest BCUT2D eigenvalue weighted by atomic mass is 9.92. The fourth-order valence-electron chi connectivity index (χ4n) is 2.50. The van der Waals surface area contributed by atoms with Crippen LogP contribution < -0.4 is 0 Å². The second-order valence-electron chi connectivity index (χ2n) is 4.88. The molecule has 0 radical (unpaired) electrons. The van der Waals surface area contributed by atoms with Crippen molar-refractivity contribution in [3.8, 4) is 0 Å². The highest BCUT2D eigenvalue weighted by Gasteiger charge is 2.18. The van der Waals surface area contributed by atoms with E-state index >= 15 is 0 Å². The number of halogens is 2. The smallest absolute Gasteiger partial charge is 0.124 e. The third-order valence-corrected chi connectivity index (χ3v) is 3.60. The van der Waals surface area contributed by atoms with Crippen LogP contribution in [0.3, 0.4) is 0 Å². The van der Waals surface area contributed by atoms with Crippen LogP contribution >= 0.6 is 11.6 Å². The molecule has 1 nitrogen and oxygen atoms in total. The van der Waals surface area contributed by atoms with Gasteiger partial charge in [0.15, 0.2) is 0 Å². The average molecular weight is 279 g/mol. The number of aryl methyl sites for hydroxylation is 3. The van der Waals surface area contributed by atoms with Gasteiger partial charge in [0.25, 0.3) is 0 Å². The minimum atomic E-state index is -0.839. The molecule has 0 bridgehead atoms. The van der Waals surface area contributed by atoms with Gasteiger partial charge in [-0.1, -0.05) is 35.4 Å². The van der Waals surface area contributed by atoms with Crippen molar-refractivity contribution in [1.82, 2.24) is 0 Å². The van der Waals surface area contributed by atoms with Gasteiger partial charge in [-0.05, 0) is 49.6 Å². The first-order chi connectivity index (χ1) is 8.90. The number of hydrogen-bond donors (Lipinski definition) is 1. The molecule has 19 heavy (non-hydrogen) atoms. The van der Waals surface area contributed by atoms with Crippen molar-refractivity contribution in [2.75, 3.05) is 0 Å². The minimum Gasteiger partial charge on any atom is -0.384 e. The molecule has 1 unspecified atom stereocenters. The number of aliphatic hydroxyl groups excluding tert-OH is 1. The van der Waals surface area contributed by atoms with Crippen molar-refractivity contribution in [2.24, 2.45) is 0 Å². The fourth-order valence-corrected chi connectivity index (χ4v) is 2.77. The molecular formula is C16H16ClFO. The topological polar surface area (TPSA) is 20.2 Å². The Hall–Kier alpha value is -1.38. The van der Waals surface area contributed by atoms with Gasteiger partial charge < -0.3 is 5.11 Å². The van der Waals surface area contributed by atoms with Crippen LogP contribution in [-0.2, 0) is 0 Å². The summed E-state index contributed by atoms with van der Waals surface area (Å²) in [6.45, 7) is 5.92. The number of rotatable bonds is 2. The molecule has 0 aliphatic heterocycles. The van der Waals surface area contributed by atoms with Crippen LogP contribution in [0.2, 0.25) is 5.02 Å². The zero-order valence-electron chi connectivity index (χ0n) is 11.2. The van der Waals surface area contributed by atoms with Gasteiger partial charge in [-0.15, -0.1) is 0 Å². The Kier molecular flexibility index (Phi) is 3.93. The van der Waals surface area contributed by atoms with Crippen LogP contribution in [0.1, 0.15) is 33.9 Å². The highest BCUT2D eigenvalue weighted by atomic mass is 35.5. The Labute approximate surface area is 117 Å². The Morgan fingerprint density at radius 1 is 1.05 bits per heavy atom. The van der Waals surface area contributed by atoms with Crippen molar-refractivity contribution in [3.05, 3.63) is 69.0 Å². The highest BCUT2D eigenvalue weighted by Crippen LogP contribution is 2.32. The predicted octanol–water partition coefficient (Wildman–Crippen LogP) is 4.49. The molecule has 0 aliphatic rings. The number of aliphatic hydroxyl groups is 1. The molecule has 100 valence electrons. The van der Waals surface area contributed by atoms with Gasteiger partial charge in [0.2, 0.25) is 0 Å². The largest absolute Gasteiger partial charge is 0.384 e. The summed E-state index contributed by atoms with van der Waals surface area (Å²) in [6, 6.07) is 8.09. The van der Waals surface area contributed by atoms with Crippen LogP contribution in [0.4, 0.5) is 4.39 Å². The number of hydrogen-bond acceptors (Lipinski definition) is 1.